The van der Waals surface area contributed by atoms with Gasteiger partial charge in [-0.3, -0.25) is 4.79 Å². The first-order chi connectivity index (χ1) is 12.9. The number of halogens is 1. The molecule has 1 aromatic heterocycles. The predicted molar refractivity (Wildman–Crippen MR) is 102 cm³/mol. The lowest BCUT2D eigenvalue weighted by Crippen LogP contribution is -2.27. The van der Waals surface area contributed by atoms with E-state index in [4.69, 9.17) is 4.74 Å². The van der Waals surface area contributed by atoms with E-state index in [9.17, 15) is 9.18 Å². The van der Waals surface area contributed by atoms with Crippen LogP contribution in [0.25, 0.3) is 5.69 Å². The zero-order chi connectivity index (χ0) is 19.6. The van der Waals surface area contributed by atoms with Crippen molar-refractivity contribution in [3.63, 3.8) is 0 Å². The Morgan fingerprint density at radius 1 is 1.22 bits per heavy atom. The number of methoxy groups -OCH3 is 1. The molecule has 2 aromatic carbocycles. The van der Waals surface area contributed by atoms with Crippen LogP contribution >= 0.6 is 0 Å². The smallest absolute Gasteiger partial charge is 0.255 e. The van der Waals surface area contributed by atoms with E-state index in [1.807, 2.05) is 38.1 Å². The van der Waals surface area contributed by atoms with Crippen LogP contribution in [0.15, 0.2) is 48.7 Å². The first-order valence-corrected chi connectivity index (χ1v) is 8.67. The fraction of sp³-hybridized carbons (Fsp3) is 0.238. The van der Waals surface area contributed by atoms with Gasteiger partial charge in [0.25, 0.3) is 5.91 Å². The van der Waals surface area contributed by atoms with Gasteiger partial charge < -0.3 is 10.1 Å². The molecule has 5 nitrogen and oxygen atoms in total. The van der Waals surface area contributed by atoms with Crippen LogP contribution in [-0.4, -0.2) is 22.8 Å². The highest BCUT2D eigenvalue weighted by Crippen LogP contribution is 2.23. The Labute approximate surface area is 157 Å². The number of rotatable bonds is 5. The van der Waals surface area contributed by atoms with E-state index >= 15 is 0 Å². The molecule has 0 saturated carbocycles. The Bertz CT molecular complexity index is 981. The van der Waals surface area contributed by atoms with Gasteiger partial charge in [-0.2, -0.15) is 5.10 Å². The highest BCUT2D eigenvalue weighted by molar-refractivity contribution is 5.95. The molecule has 0 bridgehead atoms. The molecule has 0 aliphatic rings. The van der Waals surface area contributed by atoms with Crippen molar-refractivity contribution in [2.75, 3.05) is 7.11 Å². The zero-order valence-corrected chi connectivity index (χ0v) is 15.8. The Kier molecular flexibility index (Phi) is 5.26. The van der Waals surface area contributed by atoms with Gasteiger partial charge in [0, 0.05) is 0 Å². The summed E-state index contributed by atoms with van der Waals surface area (Å²) in [5.41, 5.74) is 3.89. The number of hydrogen-bond donors (Lipinski definition) is 1. The van der Waals surface area contributed by atoms with Crippen molar-refractivity contribution in [3.8, 4) is 11.4 Å². The van der Waals surface area contributed by atoms with Gasteiger partial charge in [0.15, 0.2) is 11.6 Å². The third kappa shape index (κ3) is 3.69. The monoisotopic (exact) mass is 367 g/mol. The minimum Gasteiger partial charge on any atom is -0.494 e. The molecule has 27 heavy (non-hydrogen) atoms. The molecule has 0 radical (unpaired) electrons. The number of hydrogen-bond acceptors (Lipinski definition) is 3. The first-order valence-electron chi connectivity index (χ1n) is 8.67. The summed E-state index contributed by atoms with van der Waals surface area (Å²) in [6.07, 6.45) is 1.55. The number of aromatic nitrogens is 2. The van der Waals surface area contributed by atoms with E-state index in [1.54, 1.807) is 29.9 Å². The molecule has 1 heterocycles. The van der Waals surface area contributed by atoms with E-state index in [-0.39, 0.29) is 17.7 Å². The van der Waals surface area contributed by atoms with Gasteiger partial charge in [-0.1, -0.05) is 24.3 Å². The molecule has 1 atom stereocenters. The molecule has 3 aromatic rings. The number of nitrogens with one attached hydrogen (secondary N) is 1. The second-order valence-corrected chi connectivity index (χ2v) is 6.43. The van der Waals surface area contributed by atoms with E-state index < -0.39 is 5.82 Å². The van der Waals surface area contributed by atoms with Crippen molar-refractivity contribution in [3.05, 3.63) is 76.9 Å². The van der Waals surface area contributed by atoms with Crippen molar-refractivity contribution in [1.82, 2.24) is 15.1 Å². The number of aryl methyl sites for hydroxylation is 1. The number of amides is 1. The summed E-state index contributed by atoms with van der Waals surface area (Å²) in [6, 6.07) is 12.1. The molecule has 6 heteroatoms. The van der Waals surface area contributed by atoms with Crippen LogP contribution in [0.4, 0.5) is 4.39 Å². The molecule has 0 fully saturated rings. The van der Waals surface area contributed by atoms with Gasteiger partial charge in [-0.05, 0) is 50.1 Å². The van der Waals surface area contributed by atoms with Crippen LogP contribution < -0.4 is 10.1 Å². The summed E-state index contributed by atoms with van der Waals surface area (Å²) >= 11 is 0. The Hall–Kier alpha value is -3.15. The van der Waals surface area contributed by atoms with Crippen LogP contribution in [0.2, 0.25) is 0 Å². The third-order valence-electron chi connectivity index (χ3n) is 4.62. The number of benzene rings is 2. The fourth-order valence-corrected chi connectivity index (χ4v) is 2.99. The highest BCUT2D eigenvalue weighted by atomic mass is 19.1. The number of carbonyl (C=O) groups is 1. The molecular formula is C21H22FN3O2. The average Bonchev–Trinajstić information content (AvgIpc) is 3.03. The average molecular weight is 367 g/mol. The Morgan fingerprint density at radius 2 is 1.96 bits per heavy atom. The van der Waals surface area contributed by atoms with E-state index in [0.717, 1.165) is 16.9 Å². The molecule has 0 aliphatic heterocycles. The normalized spacial score (nSPS) is 11.9. The van der Waals surface area contributed by atoms with Crippen molar-refractivity contribution >= 4 is 5.91 Å². The standard InChI is InChI=1S/C21H22FN3O2/c1-13-7-5-6-8-19(13)25-15(3)17(12-23-25)21(26)24-14(2)16-9-10-20(27-4)18(22)11-16/h5-12,14H,1-4H3,(H,24,26)/t14-/m0/s1. The Balaban J connectivity index is 1.81. The zero-order valence-electron chi connectivity index (χ0n) is 15.8. The number of nitrogens with zero attached hydrogens (tertiary/aromatic N) is 2. The number of para-hydroxylation sites is 1. The van der Waals surface area contributed by atoms with Crippen LogP contribution in [0.3, 0.4) is 0 Å². The van der Waals surface area contributed by atoms with Crippen LogP contribution in [-0.2, 0) is 0 Å². The Morgan fingerprint density at radius 3 is 2.63 bits per heavy atom. The van der Waals surface area contributed by atoms with E-state index in [2.05, 4.69) is 10.4 Å². The largest absolute Gasteiger partial charge is 0.494 e. The maximum atomic E-state index is 13.9. The summed E-state index contributed by atoms with van der Waals surface area (Å²) in [6.45, 7) is 5.66. The maximum absolute atomic E-state index is 13.9. The lowest BCUT2D eigenvalue weighted by Gasteiger charge is -2.15. The maximum Gasteiger partial charge on any atom is 0.255 e. The van der Waals surface area contributed by atoms with Gasteiger partial charge in [0.05, 0.1) is 36.3 Å². The lowest BCUT2D eigenvalue weighted by atomic mass is 10.1. The molecule has 0 spiro atoms. The van der Waals surface area contributed by atoms with Crippen molar-refractivity contribution in [2.45, 2.75) is 26.8 Å². The van der Waals surface area contributed by atoms with E-state index in [1.165, 1.54) is 13.2 Å². The SMILES string of the molecule is COc1ccc([C@H](C)NC(=O)c2cnn(-c3ccccc3C)c2C)cc1F. The molecule has 1 amide bonds. The van der Waals surface area contributed by atoms with Crippen molar-refractivity contribution in [2.24, 2.45) is 0 Å². The molecule has 0 unspecified atom stereocenters. The summed E-state index contributed by atoms with van der Waals surface area (Å²) in [5.74, 6) is -0.539. The number of carbonyl (C=O) groups excluding carboxylic acids is 1. The highest BCUT2D eigenvalue weighted by Gasteiger charge is 2.19. The van der Waals surface area contributed by atoms with Crippen molar-refractivity contribution in [1.29, 1.82) is 0 Å². The van der Waals surface area contributed by atoms with Gasteiger partial charge in [-0.25, -0.2) is 9.07 Å². The minimum absolute atomic E-state index is 0.174. The second kappa shape index (κ2) is 7.61. The summed E-state index contributed by atoms with van der Waals surface area (Å²) in [4.78, 5) is 12.7. The lowest BCUT2D eigenvalue weighted by molar-refractivity contribution is 0.0939. The van der Waals surface area contributed by atoms with Gasteiger partial charge >= 0.3 is 0 Å². The van der Waals surface area contributed by atoms with Crippen molar-refractivity contribution < 1.29 is 13.9 Å². The van der Waals surface area contributed by atoms with Gasteiger partial charge in [0.1, 0.15) is 0 Å². The second-order valence-electron chi connectivity index (χ2n) is 6.43. The fourth-order valence-electron chi connectivity index (χ4n) is 2.99. The van der Waals surface area contributed by atoms with Gasteiger partial charge in [0.2, 0.25) is 0 Å². The summed E-state index contributed by atoms with van der Waals surface area (Å²) in [7, 11) is 1.41. The van der Waals surface area contributed by atoms with Crippen LogP contribution in [0.1, 0.15) is 40.1 Å². The molecule has 1 N–H and O–H groups in total. The molecule has 140 valence electrons. The minimum atomic E-state index is -0.459. The first kappa shape index (κ1) is 18.6. The topological polar surface area (TPSA) is 56.1 Å². The molecule has 3 rings (SSSR count). The summed E-state index contributed by atoms with van der Waals surface area (Å²) in [5, 5.41) is 7.26. The molecule has 0 aliphatic carbocycles. The van der Waals surface area contributed by atoms with Crippen LogP contribution in [0.5, 0.6) is 5.75 Å². The number of ether oxygens (including phenoxy) is 1. The molecular weight excluding hydrogens is 345 g/mol. The third-order valence-corrected chi connectivity index (χ3v) is 4.62. The molecule has 0 saturated heterocycles. The predicted octanol–water partition coefficient (Wildman–Crippen LogP) is 4.13. The van der Waals surface area contributed by atoms with Gasteiger partial charge in [-0.15, -0.1) is 0 Å². The van der Waals surface area contributed by atoms with Crippen LogP contribution in [0, 0.1) is 19.7 Å². The quantitative estimate of drug-likeness (QED) is 0.738. The van der Waals surface area contributed by atoms with E-state index in [0.29, 0.717) is 11.1 Å². The summed E-state index contributed by atoms with van der Waals surface area (Å²) < 4.78 is 20.6.